The van der Waals surface area contributed by atoms with Crippen LogP contribution in [-0.2, 0) is 4.74 Å². The number of methoxy groups -OCH3 is 1. The number of thiazole rings is 1. The average molecular weight is 281 g/mol. The maximum atomic E-state index is 11.5. The van der Waals surface area contributed by atoms with Crippen molar-refractivity contribution >= 4 is 29.5 Å². The van der Waals surface area contributed by atoms with Crippen molar-refractivity contribution in [2.24, 2.45) is 0 Å². The standard InChI is InChI=1S/C11H11N3O2S2/c1-5-8(11(15)16-3)10(17)14-9(13-5)7-4-12-6(2)18-7/h4H,1-3H3,(H,13,14,17). The summed E-state index contributed by atoms with van der Waals surface area (Å²) >= 11 is 6.64. The highest BCUT2D eigenvalue weighted by Gasteiger charge is 2.15. The average Bonchev–Trinajstić information content (AvgIpc) is 2.74. The van der Waals surface area contributed by atoms with Crippen LogP contribution in [-0.4, -0.2) is 28.0 Å². The van der Waals surface area contributed by atoms with Gasteiger partial charge in [0.1, 0.15) is 10.2 Å². The Balaban J connectivity index is 2.56. The first-order valence-electron chi connectivity index (χ1n) is 5.15. The van der Waals surface area contributed by atoms with E-state index < -0.39 is 5.97 Å². The number of nitrogens with one attached hydrogen (secondary N) is 1. The molecule has 0 bridgehead atoms. The van der Waals surface area contributed by atoms with Gasteiger partial charge in [-0.1, -0.05) is 12.2 Å². The second-order valence-electron chi connectivity index (χ2n) is 3.63. The second kappa shape index (κ2) is 4.95. The van der Waals surface area contributed by atoms with E-state index in [0.717, 1.165) is 9.88 Å². The summed E-state index contributed by atoms with van der Waals surface area (Å²) in [5.74, 6) is 0.143. The molecule has 2 heterocycles. The molecule has 94 valence electrons. The molecule has 0 radical (unpaired) electrons. The van der Waals surface area contributed by atoms with Gasteiger partial charge in [-0.25, -0.2) is 14.8 Å². The molecule has 0 aromatic carbocycles. The fourth-order valence-electron chi connectivity index (χ4n) is 1.52. The molecule has 0 amide bonds. The van der Waals surface area contributed by atoms with Gasteiger partial charge in [-0.05, 0) is 13.8 Å². The minimum atomic E-state index is -0.478. The predicted octanol–water partition coefficient (Wildman–Crippen LogP) is 2.67. The number of ether oxygens (including phenoxy) is 1. The van der Waals surface area contributed by atoms with Crippen molar-refractivity contribution in [3.05, 3.63) is 27.1 Å². The molecular weight excluding hydrogens is 270 g/mol. The third-order valence-corrected chi connectivity index (χ3v) is 3.57. The van der Waals surface area contributed by atoms with E-state index in [1.54, 1.807) is 13.1 Å². The number of rotatable bonds is 2. The van der Waals surface area contributed by atoms with Crippen LogP contribution in [0.5, 0.6) is 0 Å². The molecule has 7 heteroatoms. The fourth-order valence-corrected chi connectivity index (χ4v) is 2.57. The second-order valence-corrected chi connectivity index (χ2v) is 5.25. The summed E-state index contributed by atoms with van der Waals surface area (Å²) in [5, 5.41) is 0.945. The van der Waals surface area contributed by atoms with Crippen molar-refractivity contribution in [1.29, 1.82) is 0 Å². The van der Waals surface area contributed by atoms with Crippen molar-refractivity contribution in [3.8, 4) is 10.7 Å². The number of carbonyl (C=O) groups excluding carboxylic acids is 1. The summed E-state index contributed by atoms with van der Waals surface area (Å²) in [4.78, 5) is 23.9. The van der Waals surface area contributed by atoms with E-state index in [1.165, 1.54) is 18.4 Å². The van der Waals surface area contributed by atoms with Gasteiger partial charge in [0.2, 0.25) is 0 Å². The lowest BCUT2D eigenvalue weighted by Gasteiger charge is -2.05. The molecule has 0 spiro atoms. The van der Waals surface area contributed by atoms with Crippen molar-refractivity contribution in [2.45, 2.75) is 13.8 Å². The summed E-state index contributed by atoms with van der Waals surface area (Å²) in [7, 11) is 1.32. The lowest BCUT2D eigenvalue weighted by molar-refractivity contribution is 0.0598. The Hall–Kier alpha value is -1.60. The molecule has 1 N–H and O–H groups in total. The highest BCUT2D eigenvalue weighted by molar-refractivity contribution is 7.71. The third kappa shape index (κ3) is 2.32. The van der Waals surface area contributed by atoms with E-state index in [4.69, 9.17) is 12.2 Å². The smallest absolute Gasteiger partial charge is 0.342 e. The van der Waals surface area contributed by atoms with E-state index in [9.17, 15) is 4.79 Å². The van der Waals surface area contributed by atoms with Crippen molar-refractivity contribution < 1.29 is 9.53 Å². The highest BCUT2D eigenvalue weighted by atomic mass is 32.1. The van der Waals surface area contributed by atoms with Crippen LogP contribution in [0.1, 0.15) is 21.1 Å². The molecule has 0 saturated heterocycles. The number of aromatic nitrogens is 3. The minimum Gasteiger partial charge on any atom is -0.465 e. The molecule has 0 fully saturated rings. The Kier molecular flexibility index (Phi) is 3.53. The molecule has 0 saturated carbocycles. The van der Waals surface area contributed by atoms with Crippen LogP contribution >= 0.6 is 23.6 Å². The zero-order chi connectivity index (χ0) is 13.3. The first-order valence-corrected chi connectivity index (χ1v) is 6.37. The molecule has 0 aliphatic rings. The van der Waals surface area contributed by atoms with E-state index in [0.29, 0.717) is 17.1 Å². The normalized spacial score (nSPS) is 10.4. The van der Waals surface area contributed by atoms with Gasteiger partial charge in [0.25, 0.3) is 0 Å². The topological polar surface area (TPSA) is 67.9 Å². The van der Waals surface area contributed by atoms with E-state index >= 15 is 0 Å². The first kappa shape index (κ1) is 12.8. The summed E-state index contributed by atoms with van der Waals surface area (Å²) in [6.45, 7) is 3.68. The lowest BCUT2D eigenvalue weighted by atomic mass is 10.2. The van der Waals surface area contributed by atoms with Crippen LogP contribution in [0.3, 0.4) is 0 Å². The number of aryl methyl sites for hydroxylation is 2. The van der Waals surface area contributed by atoms with Gasteiger partial charge in [-0.15, -0.1) is 11.3 Å². The van der Waals surface area contributed by atoms with E-state index in [1.807, 2.05) is 6.92 Å². The van der Waals surface area contributed by atoms with E-state index in [2.05, 4.69) is 19.7 Å². The molecule has 0 aliphatic carbocycles. The van der Waals surface area contributed by atoms with Gasteiger partial charge in [0, 0.05) is 11.9 Å². The monoisotopic (exact) mass is 281 g/mol. The fraction of sp³-hybridized carbons (Fsp3) is 0.273. The van der Waals surface area contributed by atoms with Gasteiger partial charge in [0.15, 0.2) is 5.82 Å². The van der Waals surface area contributed by atoms with E-state index in [-0.39, 0.29) is 4.64 Å². The number of carbonyl (C=O) groups is 1. The summed E-state index contributed by atoms with van der Waals surface area (Å²) in [5.41, 5.74) is 0.945. The predicted molar refractivity (Wildman–Crippen MR) is 71.3 cm³/mol. The molecule has 2 rings (SSSR count). The first-order chi connectivity index (χ1) is 8.52. The summed E-state index contributed by atoms with van der Waals surface area (Å²) in [6, 6.07) is 0. The molecule has 2 aromatic rings. The van der Waals surface area contributed by atoms with Gasteiger partial charge in [0.05, 0.1) is 17.0 Å². The van der Waals surface area contributed by atoms with Crippen LogP contribution in [0.25, 0.3) is 10.7 Å². The van der Waals surface area contributed by atoms with Gasteiger partial charge < -0.3 is 9.72 Å². The summed E-state index contributed by atoms with van der Waals surface area (Å²) < 4.78 is 4.91. The molecule has 18 heavy (non-hydrogen) atoms. The van der Waals surface area contributed by atoms with Gasteiger partial charge in [-0.2, -0.15) is 0 Å². The maximum absolute atomic E-state index is 11.5. The Labute approximate surface area is 113 Å². The molecule has 0 atom stereocenters. The Morgan fingerprint density at radius 2 is 2.22 bits per heavy atom. The highest BCUT2D eigenvalue weighted by Crippen LogP contribution is 2.23. The molecular formula is C11H11N3O2S2. The van der Waals surface area contributed by atoms with Crippen LogP contribution in [0, 0.1) is 18.5 Å². The Bertz CT molecular complexity index is 661. The van der Waals surface area contributed by atoms with Crippen molar-refractivity contribution in [3.63, 3.8) is 0 Å². The number of hydrogen-bond donors (Lipinski definition) is 1. The molecule has 2 aromatic heterocycles. The zero-order valence-corrected chi connectivity index (χ0v) is 11.7. The number of hydrogen-bond acceptors (Lipinski definition) is 6. The van der Waals surface area contributed by atoms with Gasteiger partial charge in [-0.3, -0.25) is 0 Å². The quantitative estimate of drug-likeness (QED) is 0.677. The van der Waals surface area contributed by atoms with Crippen molar-refractivity contribution in [2.75, 3.05) is 7.11 Å². The number of H-pyrrole nitrogens is 1. The molecule has 0 aliphatic heterocycles. The van der Waals surface area contributed by atoms with Crippen LogP contribution < -0.4 is 0 Å². The SMILES string of the molecule is COC(=O)c1c(C)[nH]c(-c2cnc(C)s2)nc1=S. The van der Waals surface area contributed by atoms with Crippen LogP contribution in [0.4, 0.5) is 0 Å². The zero-order valence-electron chi connectivity index (χ0n) is 10.1. The number of esters is 1. The third-order valence-electron chi connectivity index (χ3n) is 2.35. The Morgan fingerprint density at radius 1 is 1.50 bits per heavy atom. The van der Waals surface area contributed by atoms with Gasteiger partial charge >= 0.3 is 5.97 Å². The maximum Gasteiger partial charge on any atom is 0.342 e. The number of aromatic amines is 1. The largest absolute Gasteiger partial charge is 0.465 e. The summed E-state index contributed by atoms with van der Waals surface area (Å²) in [6.07, 6.45) is 1.73. The minimum absolute atomic E-state index is 0.235. The Morgan fingerprint density at radius 3 is 2.72 bits per heavy atom. The lowest BCUT2D eigenvalue weighted by Crippen LogP contribution is -2.08. The molecule has 5 nitrogen and oxygen atoms in total. The van der Waals surface area contributed by atoms with Crippen molar-refractivity contribution in [1.82, 2.24) is 15.0 Å². The molecule has 0 unspecified atom stereocenters. The van der Waals surface area contributed by atoms with Crippen LogP contribution in [0.2, 0.25) is 0 Å². The number of nitrogens with zero attached hydrogens (tertiary/aromatic N) is 2. The van der Waals surface area contributed by atoms with Crippen LogP contribution in [0.15, 0.2) is 6.20 Å².